The number of ether oxygens (including phenoxy) is 1. The summed E-state index contributed by atoms with van der Waals surface area (Å²) in [5.74, 6) is -0.779. The number of aliphatic hydroxyl groups excluding tert-OH is 1. The summed E-state index contributed by atoms with van der Waals surface area (Å²) in [6.45, 7) is 7.16. The van der Waals surface area contributed by atoms with Crippen molar-refractivity contribution in [3.63, 3.8) is 0 Å². The molecular weight excluding hydrogens is 370 g/mol. The van der Waals surface area contributed by atoms with E-state index in [2.05, 4.69) is 0 Å². The van der Waals surface area contributed by atoms with E-state index in [1.165, 1.54) is 18.3 Å². The normalized spacial score (nSPS) is 12.3. The number of carbonyl (C=O) groups excluding carboxylic acids is 1. The number of phenolic OH excluding ortho intramolecular Hbond substituents is 1. The number of nitrogens with zero attached hydrogens (tertiary/aromatic N) is 1. The molecule has 7 heteroatoms. The van der Waals surface area contributed by atoms with Crippen molar-refractivity contribution in [2.24, 2.45) is 5.92 Å². The lowest BCUT2D eigenvalue weighted by Crippen LogP contribution is -2.26. The largest absolute Gasteiger partial charge is 0.507 e. The molecule has 0 aliphatic heterocycles. The molecule has 1 atom stereocenters. The van der Waals surface area contributed by atoms with Gasteiger partial charge in [0.05, 0.1) is 24.9 Å². The lowest BCUT2D eigenvalue weighted by Gasteiger charge is -2.26. The number of benzene rings is 1. The highest BCUT2D eigenvalue weighted by atomic mass is 35.5. The Bertz CT molecular complexity index is 904. The fraction of sp³-hybridized carbons (Fsp3) is 0.400. The number of hydrogen-bond acceptors (Lipinski definition) is 5. The van der Waals surface area contributed by atoms with Crippen LogP contribution in [0.2, 0.25) is 5.02 Å². The minimum Gasteiger partial charge on any atom is -0.507 e. The van der Waals surface area contributed by atoms with Crippen molar-refractivity contribution >= 4 is 17.6 Å². The van der Waals surface area contributed by atoms with Gasteiger partial charge in [0, 0.05) is 22.8 Å². The number of phenols is 1. The van der Waals surface area contributed by atoms with Crippen LogP contribution in [0, 0.1) is 12.8 Å². The summed E-state index contributed by atoms with van der Waals surface area (Å²) in [7, 11) is 0. The van der Waals surface area contributed by atoms with Gasteiger partial charge in [0.15, 0.2) is 5.43 Å². The van der Waals surface area contributed by atoms with Gasteiger partial charge in [-0.05, 0) is 37.5 Å². The number of aromatic nitrogens is 1. The number of carbonyl (C=O) groups is 1. The van der Waals surface area contributed by atoms with Gasteiger partial charge < -0.3 is 19.5 Å². The van der Waals surface area contributed by atoms with Gasteiger partial charge in [-0.2, -0.15) is 0 Å². The molecule has 2 N–H and O–H groups in total. The van der Waals surface area contributed by atoms with Gasteiger partial charge >= 0.3 is 5.97 Å². The average Bonchev–Trinajstić information content (AvgIpc) is 2.59. The molecule has 0 aliphatic rings. The zero-order valence-electron chi connectivity index (χ0n) is 15.8. The molecule has 1 aromatic carbocycles. The van der Waals surface area contributed by atoms with Gasteiger partial charge in [-0.15, -0.1) is 0 Å². The van der Waals surface area contributed by atoms with Crippen LogP contribution in [-0.4, -0.2) is 34.0 Å². The van der Waals surface area contributed by atoms with Gasteiger partial charge in [-0.3, -0.25) is 4.79 Å². The molecular formula is C20H24ClNO5. The lowest BCUT2D eigenvalue weighted by atomic mass is 10.0. The van der Waals surface area contributed by atoms with Crippen LogP contribution in [0.5, 0.6) is 5.75 Å². The first-order valence-corrected chi connectivity index (χ1v) is 9.12. The molecule has 0 aliphatic carbocycles. The predicted molar refractivity (Wildman–Crippen MR) is 104 cm³/mol. The van der Waals surface area contributed by atoms with Crippen LogP contribution in [0.1, 0.15) is 42.7 Å². The van der Waals surface area contributed by atoms with E-state index in [1.807, 2.05) is 13.8 Å². The summed E-state index contributed by atoms with van der Waals surface area (Å²) in [5, 5.41) is 20.7. The van der Waals surface area contributed by atoms with E-state index < -0.39 is 17.4 Å². The van der Waals surface area contributed by atoms with Gasteiger partial charge in [-0.25, -0.2) is 4.79 Å². The van der Waals surface area contributed by atoms with E-state index in [9.17, 15) is 19.8 Å². The molecule has 2 rings (SSSR count). The first-order valence-electron chi connectivity index (χ1n) is 8.74. The van der Waals surface area contributed by atoms with Crippen molar-refractivity contribution < 1.29 is 19.7 Å². The van der Waals surface area contributed by atoms with E-state index in [0.29, 0.717) is 21.8 Å². The van der Waals surface area contributed by atoms with E-state index >= 15 is 0 Å². The van der Waals surface area contributed by atoms with Crippen LogP contribution in [0.3, 0.4) is 0 Å². The molecule has 27 heavy (non-hydrogen) atoms. The highest BCUT2D eigenvalue weighted by molar-refractivity contribution is 6.31. The van der Waals surface area contributed by atoms with Crippen molar-refractivity contribution in [1.29, 1.82) is 0 Å². The molecule has 0 amide bonds. The highest BCUT2D eigenvalue weighted by Gasteiger charge is 2.23. The fourth-order valence-corrected chi connectivity index (χ4v) is 3.06. The SMILES string of the molecule is CCOC(=O)c1cn([C@@H](CO)C(C)C)c(-c2cc(Cl)c(C)cc2O)cc1=O. The fourth-order valence-electron chi connectivity index (χ4n) is 2.89. The second-order valence-corrected chi connectivity index (χ2v) is 7.08. The summed E-state index contributed by atoms with van der Waals surface area (Å²) in [5.41, 5.74) is 0.739. The molecule has 1 heterocycles. The van der Waals surface area contributed by atoms with Crippen LogP contribution in [-0.2, 0) is 4.74 Å². The Balaban J connectivity index is 2.80. The summed E-state index contributed by atoms with van der Waals surface area (Å²) in [6, 6.07) is 3.91. The lowest BCUT2D eigenvalue weighted by molar-refractivity contribution is 0.0523. The Morgan fingerprint density at radius 1 is 1.30 bits per heavy atom. The monoisotopic (exact) mass is 393 g/mol. The minimum atomic E-state index is -0.727. The van der Waals surface area contributed by atoms with Gasteiger partial charge in [0.2, 0.25) is 0 Å². The van der Waals surface area contributed by atoms with E-state index in [4.69, 9.17) is 16.3 Å². The number of halogens is 1. The molecule has 146 valence electrons. The number of rotatable bonds is 6. The number of aryl methyl sites for hydroxylation is 1. The van der Waals surface area contributed by atoms with Gasteiger partial charge in [0.25, 0.3) is 0 Å². The number of esters is 1. The third kappa shape index (κ3) is 4.34. The molecule has 1 aromatic heterocycles. The molecule has 0 saturated carbocycles. The Morgan fingerprint density at radius 2 is 1.96 bits per heavy atom. The number of pyridine rings is 1. The summed E-state index contributed by atoms with van der Waals surface area (Å²) in [4.78, 5) is 24.7. The Hall–Kier alpha value is -2.31. The molecule has 2 aromatic rings. The maximum absolute atomic E-state index is 12.5. The number of aromatic hydroxyl groups is 1. The molecule has 0 fully saturated rings. The van der Waals surface area contributed by atoms with Crippen LogP contribution in [0.15, 0.2) is 29.2 Å². The van der Waals surface area contributed by atoms with Crippen molar-refractivity contribution in [1.82, 2.24) is 4.57 Å². The zero-order chi connectivity index (χ0) is 20.3. The van der Waals surface area contributed by atoms with Crippen molar-refractivity contribution in [3.05, 3.63) is 50.8 Å². The average molecular weight is 394 g/mol. The molecule has 0 bridgehead atoms. The van der Waals surface area contributed by atoms with Crippen molar-refractivity contribution in [2.45, 2.75) is 33.7 Å². The Labute approximate surface area is 163 Å². The standard InChI is InChI=1S/C20H24ClNO5/c1-5-27-20(26)14-9-22(17(10-23)11(2)3)16(8-19(14)25)13-7-15(21)12(4)6-18(13)24/h6-9,11,17,23-24H,5,10H2,1-4H3/t17-/m0/s1. The van der Waals surface area contributed by atoms with Crippen LogP contribution in [0.25, 0.3) is 11.3 Å². The van der Waals surface area contributed by atoms with Crippen molar-refractivity contribution in [3.8, 4) is 17.0 Å². The molecule has 6 nitrogen and oxygen atoms in total. The predicted octanol–water partition coefficient (Wildman–Crippen LogP) is 3.55. The van der Waals surface area contributed by atoms with Gasteiger partial charge in [0.1, 0.15) is 11.3 Å². The topological polar surface area (TPSA) is 88.8 Å². The summed E-state index contributed by atoms with van der Waals surface area (Å²) < 4.78 is 6.58. The van der Waals surface area contributed by atoms with Crippen LogP contribution < -0.4 is 5.43 Å². The maximum Gasteiger partial charge on any atom is 0.343 e. The maximum atomic E-state index is 12.5. The second-order valence-electron chi connectivity index (χ2n) is 6.68. The Kier molecular flexibility index (Phi) is 6.68. The van der Waals surface area contributed by atoms with Crippen molar-refractivity contribution in [2.75, 3.05) is 13.2 Å². The zero-order valence-corrected chi connectivity index (χ0v) is 16.6. The molecule has 0 spiro atoms. The first-order chi connectivity index (χ1) is 12.7. The van der Waals surface area contributed by atoms with E-state index in [0.717, 1.165) is 0 Å². The third-order valence-electron chi connectivity index (χ3n) is 4.44. The third-order valence-corrected chi connectivity index (χ3v) is 4.85. The molecule has 0 saturated heterocycles. The number of aliphatic hydroxyl groups is 1. The first kappa shape index (κ1) is 21.0. The summed E-state index contributed by atoms with van der Waals surface area (Å²) in [6.07, 6.45) is 1.38. The minimum absolute atomic E-state index is 0.00522. The number of hydrogen-bond donors (Lipinski definition) is 2. The second kappa shape index (κ2) is 8.59. The smallest absolute Gasteiger partial charge is 0.343 e. The quantitative estimate of drug-likeness (QED) is 0.732. The summed E-state index contributed by atoms with van der Waals surface area (Å²) >= 11 is 6.20. The van der Waals surface area contributed by atoms with Crippen LogP contribution >= 0.6 is 11.6 Å². The molecule has 0 radical (unpaired) electrons. The Morgan fingerprint density at radius 3 is 2.52 bits per heavy atom. The van der Waals surface area contributed by atoms with E-state index in [1.54, 1.807) is 24.5 Å². The van der Waals surface area contributed by atoms with Gasteiger partial charge in [-0.1, -0.05) is 25.4 Å². The van der Waals surface area contributed by atoms with E-state index in [-0.39, 0.29) is 30.4 Å². The highest BCUT2D eigenvalue weighted by Crippen LogP contribution is 2.35. The molecule has 0 unspecified atom stereocenters. The van der Waals surface area contributed by atoms with Crippen LogP contribution in [0.4, 0.5) is 0 Å².